The predicted molar refractivity (Wildman–Crippen MR) is 130 cm³/mol. The summed E-state index contributed by atoms with van der Waals surface area (Å²) in [5.74, 6) is 0.567. The molecule has 3 aromatic heterocycles. The first kappa shape index (κ1) is 23.1. The summed E-state index contributed by atoms with van der Waals surface area (Å²) in [6, 6.07) is 8.76. The van der Waals surface area contributed by atoms with Crippen molar-refractivity contribution in [2.45, 2.75) is 7.43 Å². The first-order valence-electron chi connectivity index (χ1n) is 9.97. The van der Waals surface area contributed by atoms with Gasteiger partial charge in [-0.1, -0.05) is 19.6 Å². The van der Waals surface area contributed by atoms with Gasteiger partial charge in [0.2, 0.25) is 5.95 Å². The van der Waals surface area contributed by atoms with Gasteiger partial charge in [0.25, 0.3) is 10.2 Å². The van der Waals surface area contributed by atoms with Gasteiger partial charge in [0.05, 0.1) is 11.4 Å². The number of nitrogens with zero attached hydrogens (tertiary/aromatic N) is 6. The molecule has 0 radical (unpaired) electrons. The Morgan fingerprint density at radius 1 is 1.21 bits per heavy atom. The van der Waals surface area contributed by atoms with E-state index >= 15 is 0 Å². The Morgan fingerprint density at radius 2 is 2.06 bits per heavy atom. The molecule has 174 valence electrons. The fraction of sp³-hybridized carbons (Fsp3) is 0.286. The Kier molecular flexibility index (Phi) is 6.34. The fourth-order valence-electron chi connectivity index (χ4n) is 3.66. The van der Waals surface area contributed by atoms with Crippen LogP contribution >= 0.6 is 11.3 Å². The largest absolute Gasteiger partial charge is 0.508 e. The summed E-state index contributed by atoms with van der Waals surface area (Å²) in [5.41, 5.74) is 2.96. The summed E-state index contributed by atoms with van der Waals surface area (Å²) in [4.78, 5) is 14.5. The van der Waals surface area contributed by atoms with E-state index < -0.39 is 10.2 Å². The number of fused-ring (bicyclic) bond motifs is 1. The number of rotatable bonds is 6. The molecule has 1 fully saturated rings. The van der Waals surface area contributed by atoms with Crippen molar-refractivity contribution in [3.05, 3.63) is 48.1 Å². The minimum absolute atomic E-state index is 0. The number of imidazole rings is 1. The molecule has 0 saturated carbocycles. The minimum Gasteiger partial charge on any atom is -0.508 e. The smallest absolute Gasteiger partial charge is 0.281 e. The van der Waals surface area contributed by atoms with E-state index in [4.69, 9.17) is 4.98 Å². The summed E-state index contributed by atoms with van der Waals surface area (Å²) < 4.78 is 29.2. The molecule has 10 nitrogen and oxygen atoms in total. The second-order valence-corrected chi connectivity index (χ2v) is 10.2. The van der Waals surface area contributed by atoms with Gasteiger partial charge in [0, 0.05) is 56.6 Å². The van der Waals surface area contributed by atoms with Crippen LogP contribution in [0.5, 0.6) is 5.75 Å². The molecular formula is C21H25N7O3S2. The van der Waals surface area contributed by atoms with Crippen LogP contribution in [-0.2, 0) is 10.2 Å². The van der Waals surface area contributed by atoms with Crippen molar-refractivity contribution in [1.29, 1.82) is 0 Å². The van der Waals surface area contributed by atoms with Crippen molar-refractivity contribution < 1.29 is 13.5 Å². The molecule has 0 unspecified atom stereocenters. The lowest BCUT2D eigenvalue weighted by atomic mass is 10.1. The van der Waals surface area contributed by atoms with E-state index in [0.717, 1.165) is 16.2 Å². The number of nitrogens with one attached hydrogen (secondary N) is 1. The number of likely N-dealkylation sites (N-methyl/N-ethyl adjacent to an activating group) is 1. The summed E-state index contributed by atoms with van der Waals surface area (Å²) in [7, 11) is -1.79. The van der Waals surface area contributed by atoms with Gasteiger partial charge in [-0.15, -0.1) is 11.3 Å². The maximum absolute atomic E-state index is 12.2. The monoisotopic (exact) mass is 487 g/mol. The number of aromatic hydroxyl groups is 1. The van der Waals surface area contributed by atoms with E-state index in [0.29, 0.717) is 43.5 Å². The van der Waals surface area contributed by atoms with E-state index in [-0.39, 0.29) is 13.2 Å². The van der Waals surface area contributed by atoms with Crippen LogP contribution < -0.4 is 5.32 Å². The maximum atomic E-state index is 12.2. The molecule has 0 aliphatic carbocycles. The Bertz CT molecular complexity index is 1380. The number of hydrogen-bond acceptors (Lipinski definition) is 8. The quantitative estimate of drug-likeness (QED) is 0.430. The Labute approximate surface area is 196 Å². The number of benzene rings is 1. The van der Waals surface area contributed by atoms with Crippen molar-refractivity contribution in [2.75, 3.05) is 38.5 Å². The summed E-state index contributed by atoms with van der Waals surface area (Å²) in [6.07, 6.45) is 3.58. The Morgan fingerprint density at radius 3 is 2.82 bits per heavy atom. The fourth-order valence-corrected chi connectivity index (χ4v) is 5.72. The van der Waals surface area contributed by atoms with Gasteiger partial charge in [0.1, 0.15) is 11.4 Å². The third kappa shape index (κ3) is 4.29. The first-order valence-corrected chi connectivity index (χ1v) is 12.2. The molecule has 1 aliphatic heterocycles. The van der Waals surface area contributed by atoms with E-state index in [1.807, 2.05) is 22.0 Å². The normalized spacial score (nSPS) is 16.2. The molecule has 5 rings (SSSR count). The zero-order valence-corrected chi connectivity index (χ0v) is 18.8. The average Bonchev–Trinajstić information content (AvgIpc) is 3.43. The van der Waals surface area contributed by atoms with E-state index in [1.54, 1.807) is 37.5 Å². The lowest BCUT2D eigenvalue weighted by Gasteiger charge is -2.16. The molecule has 2 N–H and O–H groups in total. The van der Waals surface area contributed by atoms with Crippen LogP contribution in [0.1, 0.15) is 7.43 Å². The van der Waals surface area contributed by atoms with Crippen molar-refractivity contribution in [1.82, 2.24) is 28.0 Å². The molecular weight excluding hydrogens is 462 g/mol. The van der Waals surface area contributed by atoms with Gasteiger partial charge < -0.3 is 10.4 Å². The third-order valence-electron chi connectivity index (χ3n) is 5.31. The van der Waals surface area contributed by atoms with Crippen molar-refractivity contribution in [3.63, 3.8) is 0 Å². The Hall–Kier alpha value is -3.06. The SMILES string of the molecule is C.CN1CCN(CCNc2nccc(-c3c(-c4cccc(O)c4)nc4sccn34)n2)S1(=O)=O. The highest BCUT2D eigenvalue weighted by atomic mass is 32.2. The van der Waals surface area contributed by atoms with Crippen LogP contribution in [0.25, 0.3) is 27.6 Å². The summed E-state index contributed by atoms with van der Waals surface area (Å²) in [6.45, 7) is 1.68. The highest BCUT2D eigenvalue weighted by Crippen LogP contribution is 2.34. The standard InChI is InChI=1S/C20H21N7O3S2.CH4/c1-25-9-10-26(32(25,29)30)8-7-22-19-21-6-5-16(23-19)18-17(14-3-2-4-15(28)13-14)24-20-27(18)11-12-31-20;/h2-6,11-13,28H,7-10H2,1H3,(H,21,22,23);1H4. The number of anilines is 1. The predicted octanol–water partition coefficient (Wildman–Crippen LogP) is 2.77. The van der Waals surface area contributed by atoms with Crippen LogP contribution in [0.3, 0.4) is 0 Å². The maximum Gasteiger partial charge on any atom is 0.281 e. The lowest BCUT2D eigenvalue weighted by molar-refractivity contribution is 0.459. The van der Waals surface area contributed by atoms with Crippen LogP contribution in [0.15, 0.2) is 48.1 Å². The zero-order chi connectivity index (χ0) is 22.3. The van der Waals surface area contributed by atoms with E-state index in [1.165, 1.54) is 19.9 Å². The molecule has 4 heterocycles. The molecule has 4 aromatic rings. The van der Waals surface area contributed by atoms with Gasteiger partial charge >= 0.3 is 0 Å². The molecule has 1 saturated heterocycles. The van der Waals surface area contributed by atoms with E-state index in [2.05, 4.69) is 15.3 Å². The first-order chi connectivity index (χ1) is 15.4. The second-order valence-electron chi connectivity index (χ2n) is 7.34. The zero-order valence-electron chi connectivity index (χ0n) is 17.2. The number of phenols is 1. The topological polar surface area (TPSA) is 116 Å². The summed E-state index contributed by atoms with van der Waals surface area (Å²) in [5, 5.41) is 15.0. The van der Waals surface area contributed by atoms with Gasteiger partial charge in [-0.2, -0.15) is 17.0 Å². The number of thiazole rings is 1. The van der Waals surface area contributed by atoms with Gasteiger partial charge in [-0.05, 0) is 18.2 Å². The van der Waals surface area contributed by atoms with Crippen LogP contribution in [0, 0.1) is 0 Å². The summed E-state index contributed by atoms with van der Waals surface area (Å²) >= 11 is 1.51. The van der Waals surface area contributed by atoms with Crippen LogP contribution in [0.2, 0.25) is 0 Å². The highest BCUT2D eigenvalue weighted by Gasteiger charge is 2.33. The number of hydrogen-bond donors (Lipinski definition) is 2. The highest BCUT2D eigenvalue weighted by molar-refractivity contribution is 7.87. The van der Waals surface area contributed by atoms with Crippen LogP contribution in [-0.4, -0.2) is 74.7 Å². The minimum atomic E-state index is -3.37. The molecule has 0 bridgehead atoms. The average molecular weight is 488 g/mol. The van der Waals surface area contributed by atoms with E-state index in [9.17, 15) is 13.5 Å². The second kappa shape index (κ2) is 9.06. The third-order valence-corrected chi connectivity index (χ3v) is 8.05. The number of phenolic OH excluding ortho intramolecular Hbond substituents is 1. The Balaban J connectivity index is 0.00000259. The van der Waals surface area contributed by atoms with Gasteiger partial charge in [-0.3, -0.25) is 4.40 Å². The van der Waals surface area contributed by atoms with Crippen LogP contribution in [0.4, 0.5) is 5.95 Å². The molecule has 1 aliphatic rings. The lowest BCUT2D eigenvalue weighted by Crippen LogP contribution is -2.34. The molecule has 1 aromatic carbocycles. The van der Waals surface area contributed by atoms with Crippen molar-refractivity contribution in [2.24, 2.45) is 0 Å². The van der Waals surface area contributed by atoms with Crippen molar-refractivity contribution >= 4 is 32.5 Å². The molecule has 0 atom stereocenters. The molecule has 12 heteroatoms. The molecule has 0 spiro atoms. The molecule has 33 heavy (non-hydrogen) atoms. The number of aromatic nitrogens is 4. The van der Waals surface area contributed by atoms with Gasteiger partial charge in [0.15, 0.2) is 4.96 Å². The van der Waals surface area contributed by atoms with Crippen molar-refractivity contribution in [3.8, 4) is 28.4 Å². The molecule has 0 amide bonds. The van der Waals surface area contributed by atoms with Gasteiger partial charge in [-0.25, -0.2) is 15.0 Å².